The Kier molecular flexibility index (Phi) is 9.57. The molecule has 0 saturated carbocycles. The second-order valence-corrected chi connectivity index (χ2v) is 16.7. The van der Waals surface area contributed by atoms with Crippen LogP contribution in [0.1, 0.15) is 40.2 Å². The Morgan fingerprint density at radius 1 is 1.08 bits per heavy atom. The van der Waals surface area contributed by atoms with Gasteiger partial charge in [0.2, 0.25) is 0 Å². The van der Waals surface area contributed by atoms with Crippen LogP contribution in [0.15, 0.2) is 59.5 Å². The van der Waals surface area contributed by atoms with Crippen LogP contribution in [0.5, 0.6) is 0 Å². The number of carbonyl (C=O) groups is 1. The molecule has 2 rings (SSSR count). The number of benzene rings is 2. The zero-order valence-corrected chi connectivity index (χ0v) is 23.7. The van der Waals surface area contributed by atoms with Crippen molar-refractivity contribution in [1.29, 1.82) is 0 Å². The van der Waals surface area contributed by atoms with E-state index in [1.807, 2.05) is 33.9 Å². The molecular weight excluding hydrogens is 500 g/mol. The predicted octanol–water partition coefficient (Wildman–Crippen LogP) is 5.13. The highest BCUT2D eigenvalue weighted by atomic mass is 32.2. The van der Waals surface area contributed by atoms with Gasteiger partial charge in [-0.15, -0.1) is 0 Å². The minimum absolute atomic E-state index is 0.0957. The van der Waals surface area contributed by atoms with Crippen molar-refractivity contribution >= 4 is 30.0 Å². The van der Waals surface area contributed by atoms with Crippen LogP contribution in [-0.2, 0) is 30.5 Å². The lowest BCUT2D eigenvalue weighted by molar-refractivity contribution is -0.387. The fourth-order valence-corrected chi connectivity index (χ4v) is 6.44. The molecule has 0 aliphatic carbocycles. The molecule has 0 N–H and O–H groups in total. The minimum Gasteiger partial charge on any atom is -0.464 e. The summed E-state index contributed by atoms with van der Waals surface area (Å²) in [4.78, 5) is 23.6. The number of rotatable bonds is 11. The highest BCUT2D eigenvalue weighted by Crippen LogP contribution is 2.39. The molecule has 198 valence electrons. The number of carbonyl (C=O) groups excluding carboxylic acids is 1. The molecule has 0 fully saturated rings. The van der Waals surface area contributed by atoms with Crippen LogP contribution >= 0.6 is 0 Å². The Balaban J connectivity index is 2.68. The number of sulfonamides is 1. The third kappa shape index (κ3) is 6.78. The molecule has 0 amide bonds. The van der Waals surface area contributed by atoms with Crippen molar-refractivity contribution in [2.45, 2.75) is 76.3 Å². The van der Waals surface area contributed by atoms with Gasteiger partial charge >= 0.3 is 5.97 Å². The molecule has 2 atom stereocenters. The second kappa shape index (κ2) is 11.6. The Hall–Kier alpha value is -2.60. The highest BCUT2D eigenvalue weighted by molar-refractivity contribution is 7.89. The summed E-state index contributed by atoms with van der Waals surface area (Å²) in [6, 6.07) is 13.0. The van der Waals surface area contributed by atoms with Gasteiger partial charge in [0, 0.05) is 12.6 Å². The summed E-state index contributed by atoms with van der Waals surface area (Å²) in [7, 11) is -7.00. The van der Waals surface area contributed by atoms with E-state index >= 15 is 0 Å². The van der Waals surface area contributed by atoms with Crippen LogP contribution < -0.4 is 0 Å². The van der Waals surface area contributed by atoms with Crippen LogP contribution in [0.25, 0.3) is 0 Å². The molecule has 0 unspecified atom stereocenters. The molecular formula is C25H36N2O7SSi. The zero-order chi connectivity index (χ0) is 27.3. The van der Waals surface area contributed by atoms with Gasteiger partial charge in [0.15, 0.2) is 19.3 Å². The van der Waals surface area contributed by atoms with Gasteiger partial charge in [-0.05, 0) is 43.6 Å². The first-order chi connectivity index (χ1) is 16.6. The average molecular weight is 537 g/mol. The van der Waals surface area contributed by atoms with Crippen molar-refractivity contribution in [3.05, 3.63) is 70.3 Å². The molecule has 0 spiro atoms. The topological polar surface area (TPSA) is 116 Å². The average Bonchev–Trinajstić information content (AvgIpc) is 2.80. The number of hydrogen-bond acceptors (Lipinski definition) is 7. The third-order valence-electron chi connectivity index (χ3n) is 6.47. The fourth-order valence-electron chi connectivity index (χ4n) is 3.38. The lowest BCUT2D eigenvalue weighted by atomic mass is 10.1. The second-order valence-electron chi connectivity index (χ2n) is 10.1. The normalized spacial score (nSPS) is 14.3. The van der Waals surface area contributed by atoms with Crippen molar-refractivity contribution in [2.24, 2.45) is 0 Å². The van der Waals surface area contributed by atoms with Gasteiger partial charge in [0.05, 0.1) is 17.6 Å². The smallest absolute Gasteiger partial charge is 0.335 e. The van der Waals surface area contributed by atoms with Crippen molar-refractivity contribution in [2.75, 3.05) is 6.61 Å². The number of nitro groups is 1. The number of hydrogen-bond donors (Lipinski definition) is 0. The molecule has 0 radical (unpaired) electrons. The summed E-state index contributed by atoms with van der Waals surface area (Å²) in [6.07, 6.45) is -1.23. The van der Waals surface area contributed by atoms with E-state index in [-0.39, 0.29) is 18.2 Å². The van der Waals surface area contributed by atoms with Crippen molar-refractivity contribution in [3.63, 3.8) is 0 Å². The van der Waals surface area contributed by atoms with E-state index < -0.39 is 52.0 Å². The van der Waals surface area contributed by atoms with Gasteiger partial charge in [0.25, 0.3) is 15.7 Å². The van der Waals surface area contributed by atoms with Gasteiger partial charge in [-0.3, -0.25) is 10.1 Å². The summed E-state index contributed by atoms with van der Waals surface area (Å²) in [5.41, 5.74) is 0.113. The molecule has 0 aromatic heterocycles. The first-order valence-corrected chi connectivity index (χ1v) is 16.1. The lowest BCUT2D eigenvalue weighted by Crippen LogP contribution is -2.55. The Morgan fingerprint density at radius 2 is 1.64 bits per heavy atom. The highest BCUT2D eigenvalue weighted by Gasteiger charge is 2.46. The van der Waals surface area contributed by atoms with Gasteiger partial charge < -0.3 is 9.16 Å². The number of ether oxygens (including phenoxy) is 1. The van der Waals surface area contributed by atoms with E-state index in [0.29, 0.717) is 5.56 Å². The van der Waals surface area contributed by atoms with Crippen molar-refractivity contribution in [1.82, 2.24) is 4.31 Å². The van der Waals surface area contributed by atoms with Crippen molar-refractivity contribution in [3.8, 4) is 0 Å². The molecule has 36 heavy (non-hydrogen) atoms. The predicted molar refractivity (Wildman–Crippen MR) is 140 cm³/mol. The van der Waals surface area contributed by atoms with Crippen LogP contribution in [-0.4, -0.2) is 50.7 Å². The lowest BCUT2D eigenvalue weighted by Gasteiger charge is -2.41. The van der Waals surface area contributed by atoms with Crippen molar-refractivity contribution < 1.29 is 27.3 Å². The summed E-state index contributed by atoms with van der Waals surface area (Å²) in [5, 5.41) is 11.4. The van der Waals surface area contributed by atoms with Crippen LogP contribution in [0.2, 0.25) is 18.1 Å². The fraction of sp³-hybridized carbons (Fsp3) is 0.480. The quantitative estimate of drug-likeness (QED) is 0.169. The van der Waals surface area contributed by atoms with E-state index in [9.17, 15) is 23.3 Å². The van der Waals surface area contributed by atoms with E-state index in [2.05, 4.69) is 0 Å². The first-order valence-electron chi connectivity index (χ1n) is 11.8. The molecule has 0 bridgehead atoms. The van der Waals surface area contributed by atoms with Crippen LogP contribution in [0.3, 0.4) is 0 Å². The Bertz CT molecular complexity index is 1160. The standard InChI is InChI=1S/C25H36N2O7SSi/c1-8-33-24(28)23(34-36(6,7)25(3,4)5)19(2)26(18-20-14-10-9-11-15-20)35(31,32)22-17-13-12-16-21(22)27(29)30/h9-17,19,23H,8,18H2,1-7H3/t19-,23-/m0/s1. The summed E-state index contributed by atoms with van der Waals surface area (Å²) >= 11 is 0. The molecule has 0 heterocycles. The van der Waals surface area contributed by atoms with E-state index in [1.54, 1.807) is 44.2 Å². The monoisotopic (exact) mass is 536 g/mol. The van der Waals surface area contributed by atoms with Crippen LogP contribution in [0.4, 0.5) is 5.69 Å². The van der Waals surface area contributed by atoms with Crippen LogP contribution in [0, 0.1) is 10.1 Å². The van der Waals surface area contributed by atoms with E-state index in [1.165, 1.54) is 18.2 Å². The zero-order valence-electron chi connectivity index (χ0n) is 21.9. The maximum absolute atomic E-state index is 14.0. The molecule has 0 saturated heterocycles. The Labute approximate surface area is 214 Å². The maximum Gasteiger partial charge on any atom is 0.335 e. The van der Waals surface area contributed by atoms with Gasteiger partial charge in [-0.25, -0.2) is 13.2 Å². The molecule has 0 aliphatic heterocycles. The van der Waals surface area contributed by atoms with E-state index in [0.717, 1.165) is 10.4 Å². The van der Waals surface area contributed by atoms with Gasteiger partial charge in [0.1, 0.15) is 0 Å². The van der Waals surface area contributed by atoms with Gasteiger partial charge in [-0.2, -0.15) is 4.31 Å². The number of nitrogens with zero attached hydrogens (tertiary/aromatic N) is 2. The maximum atomic E-state index is 14.0. The van der Waals surface area contributed by atoms with E-state index in [4.69, 9.17) is 9.16 Å². The SMILES string of the molecule is CCOC(=O)[C@@H](O[Si](C)(C)C(C)(C)C)[C@H](C)N(Cc1ccccc1)S(=O)(=O)c1ccccc1[N+](=O)[O-]. The molecule has 11 heteroatoms. The number of nitro benzene ring substituents is 1. The third-order valence-corrected chi connectivity index (χ3v) is 12.9. The summed E-state index contributed by atoms with van der Waals surface area (Å²) in [6.45, 7) is 13.2. The molecule has 2 aromatic rings. The molecule has 9 nitrogen and oxygen atoms in total. The molecule has 2 aromatic carbocycles. The largest absolute Gasteiger partial charge is 0.464 e. The summed E-state index contributed by atoms with van der Waals surface area (Å²) < 4.78 is 40.8. The first kappa shape index (κ1) is 29.6. The number of esters is 1. The minimum atomic E-state index is -4.44. The number of para-hydroxylation sites is 1. The molecule has 0 aliphatic rings. The Morgan fingerprint density at radius 3 is 2.17 bits per heavy atom. The van der Waals surface area contributed by atoms with Gasteiger partial charge in [-0.1, -0.05) is 63.2 Å². The summed E-state index contributed by atoms with van der Waals surface area (Å²) in [5.74, 6) is -0.675.